The van der Waals surface area contributed by atoms with Crippen LogP contribution in [0.25, 0.3) is 11.1 Å². The summed E-state index contributed by atoms with van der Waals surface area (Å²) in [5, 5.41) is 16.3. The molecule has 0 aliphatic rings. The first kappa shape index (κ1) is 24.3. The van der Waals surface area contributed by atoms with Crippen molar-refractivity contribution in [3.8, 4) is 5.75 Å². The molecule has 1 aromatic carbocycles. The second kappa shape index (κ2) is 10.5. The van der Waals surface area contributed by atoms with Crippen LogP contribution in [-0.4, -0.2) is 37.6 Å². The van der Waals surface area contributed by atoms with E-state index in [-0.39, 0.29) is 5.88 Å². The summed E-state index contributed by atoms with van der Waals surface area (Å²) in [4.78, 5) is 21.2. The summed E-state index contributed by atoms with van der Waals surface area (Å²) < 4.78 is 5.72. The first-order chi connectivity index (χ1) is 16.2. The molecular weight excluding hydrogens is 426 g/mol. The minimum Gasteiger partial charge on any atom is -0.436 e. The number of aliphatic imine (C=N–C) groups is 1. The topological polar surface area (TPSA) is 121 Å². The predicted octanol–water partition coefficient (Wildman–Crippen LogP) is 5.21. The van der Waals surface area contributed by atoms with Crippen LogP contribution in [0.1, 0.15) is 54.4 Å². The van der Waals surface area contributed by atoms with Crippen molar-refractivity contribution in [1.82, 2.24) is 19.9 Å². The number of rotatable bonds is 8. The molecule has 8 nitrogen and oxygen atoms in total. The van der Waals surface area contributed by atoms with Crippen LogP contribution in [0.15, 0.2) is 60.7 Å². The van der Waals surface area contributed by atoms with E-state index in [1.807, 2.05) is 32.9 Å². The van der Waals surface area contributed by atoms with Gasteiger partial charge < -0.3 is 15.6 Å². The van der Waals surface area contributed by atoms with Crippen molar-refractivity contribution in [3.63, 3.8) is 0 Å². The highest BCUT2D eigenvalue weighted by Crippen LogP contribution is 2.32. The molecule has 0 saturated heterocycles. The van der Waals surface area contributed by atoms with Gasteiger partial charge in [-0.3, -0.25) is 0 Å². The predicted molar refractivity (Wildman–Crippen MR) is 136 cm³/mol. The molecule has 0 atom stereocenters. The lowest BCUT2D eigenvalue weighted by Crippen LogP contribution is -2.10. The number of aryl methyl sites for hydroxylation is 2. The maximum Gasteiger partial charge on any atom is 0.212 e. The fraction of sp³-hybridized carbons (Fsp3) is 0.192. The molecule has 2 heterocycles. The van der Waals surface area contributed by atoms with Crippen LogP contribution in [0.4, 0.5) is 0 Å². The molecule has 0 saturated carbocycles. The Hall–Kier alpha value is -4.33. The third kappa shape index (κ3) is 5.53. The number of nitrogens with one attached hydrogen (secondary N) is 2. The highest BCUT2D eigenvalue weighted by Gasteiger charge is 2.19. The van der Waals surface area contributed by atoms with Crippen molar-refractivity contribution in [1.29, 1.82) is 10.8 Å². The molecule has 34 heavy (non-hydrogen) atoms. The number of nitrogens with zero attached hydrogens (tertiary/aromatic N) is 5. The molecule has 0 radical (unpaired) electrons. The summed E-state index contributed by atoms with van der Waals surface area (Å²) >= 11 is 0. The van der Waals surface area contributed by atoms with E-state index >= 15 is 0 Å². The Morgan fingerprint density at radius 1 is 1.00 bits per heavy atom. The summed E-state index contributed by atoms with van der Waals surface area (Å²) in [6, 6.07) is 3.91. The van der Waals surface area contributed by atoms with Crippen LogP contribution in [0.5, 0.6) is 5.75 Å². The number of hydrogen-bond acceptors (Lipinski definition) is 8. The van der Waals surface area contributed by atoms with Gasteiger partial charge in [-0.15, -0.1) is 0 Å². The smallest absolute Gasteiger partial charge is 0.212 e. The van der Waals surface area contributed by atoms with Gasteiger partial charge in [-0.2, -0.15) is 0 Å². The number of ether oxygens (including phenoxy) is 1. The summed E-state index contributed by atoms with van der Waals surface area (Å²) in [6.45, 7) is 13.2. The molecule has 0 spiro atoms. The Morgan fingerprint density at radius 3 is 2.21 bits per heavy atom. The fourth-order valence-electron chi connectivity index (χ4n) is 3.61. The molecule has 3 rings (SSSR count). The van der Waals surface area contributed by atoms with Gasteiger partial charge in [0.15, 0.2) is 5.75 Å². The van der Waals surface area contributed by atoms with Crippen molar-refractivity contribution in [2.24, 2.45) is 4.99 Å². The maximum absolute atomic E-state index is 8.23. The maximum atomic E-state index is 8.23. The largest absolute Gasteiger partial charge is 0.436 e. The first-order valence-corrected chi connectivity index (χ1v) is 10.6. The lowest BCUT2D eigenvalue weighted by atomic mass is 9.86. The van der Waals surface area contributed by atoms with E-state index < -0.39 is 0 Å². The number of aromatic nitrogens is 4. The Kier molecular flexibility index (Phi) is 7.53. The number of hydrogen-bond donors (Lipinski definition) is 2. The third-order valence-corrected chi connectivity index (χ3v) is 5.16. The molecule has 0 amide bonds. The molecule has 8 heteroatoms. The first-order valence-electron chi connectivity index (χ1n) is 10.6. The van der Waals surface area contributed by atoms with E-state index in [2.05, 4.69) is 31.5 Å². The summed E-state index contributed by atoms with van der Waals surface area (Å²) in [7, 11) is 0. The normalized spacial score (nSPS) is 12.1. The second-order valence-corrected chi connectivity index (χ2v) is 7.83. The van der Waals surface area contributed by atoms with Crippen LogP contribution in [0.3, 0.4) is 0 Å². The molecule has 2 N–H and O–H groups in total. The average Bonchev–Trinajstić information content (AvgIpc) is 2.80. The van der Waals surface area contributed by atoms with Crippen molar-refractivity contribution < 1.29 is 4.74 Å². The lowest BCUT2D eigenvalue weighted by molar-refractivity contribution is 0.419. The van der Waals surface area contributed by atoms with Crippen LogP contribution in [0, 0.1) is 24.7 Å². The Balaban J connectivity index is 2.19. The second-order valence-electron chi connectivity index (χ2n) is 7.83. The van der Waals surface area contributed by atoms with Crippen LogP contribution in [0.2, 0.25) is 0 Å². The zero-order chi connectivity index (χ0) is 24.8. The van der Waals surface area contributed by atoms with Crippen molar-refractivity contribution >= 4 is 28.8 Å². The van der Waals surface area contributed by atoms with E-state index in [9.17, 15) is 0 Å². The zero-order valence-electron chi connectivity index (χ0n) is 20.0. The van der Waals surface area contributed by atoms with Crippen LogP contribution < -0.4 is 4.74 Å². The van der Waals surface area contributed by atoms with Crippen LogP contribution in [-0.2, 0) is 0 Å². The molecule has 3 aromatic rings. The van der Waals surface area contributed by atoms with Gasteiger partial charge in [0, 0.05) is 52.3 Å². The van der Waals surface area contributed by atoms with Crippen molar-refractivity contribution in [2.75, 3.05) is 0 Å². The minimum atomic E-state index is 0.173. The quantitative estimate of drug-likeness (QED) is 0.358. The van der Waals surface area contributed by atoms with E-state index in [0.29, 0.717) is 34.1 Å². The lowest BCUT2D eigenvalue weighted by Gasteiger charge is -2.19. The SMILES string of the molecule is C=C(N=C(C)/C(=C(\C)c1cncnc1)c1cc(C)cc(C(C)=N)c1C=N)Oc1cnc(C)nc1. The Labute approximate surface area is 199 Å². The van der Waals surface area contributed by atoms with Crippen molar-refractivity contribution in [2.45, 2.75) is 34.6 Å². The fourth-order valence-corrected chi connectivity index (χ4v) is 3.61. The van der Waals surface area contributed by atoms with E-state index in [1.54, 1.807) is 38.6 Å². The van der Waals surface area contributed by atoms with Gasteiger partial charge in [-0.1, -0.05) is 6.07 Å². The highest BCUT2D eigenvalue weighted by atomic mass is 16.5. The Morgan fingerprint density at radius 2 is 1.62 bits per heavy atom. The van der Waals surface area contributed by atoms with Crippen LogP contribution >= 0.6 is 0 Å². The molecule has 0 fully saturated rings. The molecular formula is C26H27N7O. The molecule has 2 aromatic heterocycles. The highest BCUT2D eigenvalue weighted by molar-refractivity contribution is 6.31. The molecule has 0 bridgehead atoms. The monoisotopic (exact) mass is 453 g/mol. The van der Waals surface area contributed by atoms with Gasteiger partial charge in [0.2, 0.25) is 5.88 Å². The summed E-state index contributed by atoms with van der Waals surface area (Å²) in [5.74, 6) is 1.25. The molecule has 172 valence electrons. The van der Waals surface area contributed by atoms with Gasteiger partial charge in [0.1, 0.15) is 12.2 Å². The van der Waals surface area contributed by atoms with Crippen molar-refractivity contribution in [3.05, 3.63) is 89.4 Å². The standard InChI is InChI=1S/C26H27N7O/c1-15-7-23(17(3)28)25(9-27)24(8-15)26(16(2)21-10-29-14-30-11-21)18(4)33-20(6)34-22-12-31-19(5)32-13-22/h7-14,27-28H,6H2,1-5H3/b26-16-,27-9?,28-17?,33-18?. The van der Waals surface area contributed by atoms with E-state index in [4.69, 9.17) is 15.6 Å². The molecule has 0 unspecified atom stereocenters. The van der Waals surface area contributed by atoms with E-state index in [1.165, 1.54) is 12.5 Å². The molecule has 0 aliphatic heterocycles. The number of benzene rings is 1. The summed E-state index contributed by atoms with van der Waals surface area (Å²) in [5.41, 5.74) is 6.56. The number of allylic oxidation sites excluding steroid dienone is 2. The molecule has 0 aliphatic carbocycles. The summed E-state index contributed by atoms with van der Waals surface area (Å²) in [6.07, 6.45) is 9.34. The average molecular weight is 454 g/mol. The third-order valence-electron chi connectivity index (χ3n) is 5.16. The van der Waals surface area contributed by atoms with Gasteiger partial charge in [-0.05, 0) is 64.0 Å². The van der Waals surface area contributed by atoms with Gasteiger partial charge in [-0.25, -0.2) is 24.9 Å². The Bertz CT molecular complexity index is 1310. The minimum absolute atomic E-state index is 0.173. The van der Waals surface area contributed by atoms with Gasteiger partial charge >= 0.3 is 0 Å². The van der Waals surface area contributed by atoms with E-state index in [0.717, 1.165) is 27.8 Å². The van der Waals surface area contributed by atoms with Gasteiger partial charge in [0.25, 0.3) is 0 Å². The van der Waals surface area contributed by atoms with Gasteiger partial charge in [0.05, 0.1) is 12.4 Å². The zero-order valence-corrected chi connectivity index (χ0v) is 20.0.